The summed E-state index contributed by atoms with van der Waals surface area (Å²) in [6, 6.07) is 0. The summed E-state index contributed by atoms with van der Waals surface area (Å²) in [5.74, 6) is -0.337. The average Bonchev–Trinajstić information content (AvgIpc) is 2.56. The third kappa shape index (κ3) is 20.9. The van der Waals surface area contributed by atoms with Crippen molar-refractivity contribution in [1.82, 2.24) is 0 Å². The standard InChI is InChI=1S/C22H41NO/c1-2-3-4-5-6-7-8-9-10-11-12-13-14-15-16-17-18-19-20-21-22(23)24/h9-10,20-21H,2-8,11-19H2,1H3,(H2,23,24)/b10-9?,21-20-. The van der Waals surface area contributed by atoms with Gasteiger partial charge in [0.05, 0.1) is 0 Å². The lowest BCUT2D eigenvalue weighted by Crippen LogP contribution is -2.05. The van der Waals surface area contributed by atoms with Crippen molar-refractivity contribution in [2.45, 2.75) is 110 Å². The second-order valence-corrected chi connectivity index (χ2v) is 6.88. The van der Waals surface area contributed by atoms with Gasteiger partial charge in [0, 0.05) is 0 Å². The molecule has 0 atom stereocenters. The van der Waals surface area contributed by atoms with Gasteiger partial charge in [-0.05, 0) is 44.6 Å². The maximum Gasteiger partial charge on any atom is 0.241 e. The predicted octanol–water partition coefficient (Wildman–Crippen LogP) is 6.85. The number of amides is 1. The van der Waals surface area contributed by atoms with Gasteiger partial charge in [-0.15, -0.1) is 0 Å². The topological polar surface area (TPSA) is 43.1 Å². The summed E-state index contributed by atoms with van der Waals surface area (Å²) in [6.45, 7) is 2.27. The Balaban J connectivity index is 3.11. The number of unbranched alkanes of at least 4 members (excludes halogenated alkanes) is 14. The monoisotopic (exact) mass is 335 g/mol. The minimum absolute atomic E-state index is 0.337. The number of allylic oxidation sites excluding steroid dienone is 3. The van der Waals surface area contributed by atoms with Crippen LogP contribution in [-0.4, -0.2) is 5.91 Å². The third-order valence-corrected chi connectivity index (χ3v) is 4.41. The first kappa shape index (κ1) is 22.9. The van der Waals surface area contributed by atoms with E-state index in [0.717, 1.165) is 6.42 Å². The highest BCUT2D eigenvalue weighted by Crippen LogP contribution is 2.11. The first-order valence-corrected chi connectivity index (χ1v) is 10.4. The minimum Gasteiger partial charge on any atom is -0.366 e. The van der Waals surface area contributed by atoms with Crippen molar-refractivity contribution in [3.8, 4) is 0 Å². The van der Waals surface area contributed by atoms with E-state index in [1.54, 1.807) is 0 Å². The Morgan fingerprint density at radius 3 is 1.42 bits per heavy atom. The first-order valence-electron chi connectivity index (χ1n) is 10.4. The molecule has 0 aliphatic carbocycles. The van der Waals surface area contributed by atoms with E-state index in [0.29, 0.717) is 0 Å². The number of carbonyl (C=O) groups excluding carboxylic acids is 1. The second kappa shape index (κ2) is 20.0. The van der Waals surface area contributed by atoms with E-state index in [-0.39, 0.29) is 5.91 Å². The largest absolute Gasteiger partial charge is 0.366 e. The molecule has 0 saturated carbocycles. The molecular weight excluding hydrogens is 294 g/mol. The number of hydrogen-bond donors (Lipinski definition) is 1. The lowest BCUT2D eigenvalue weighted by molar-refractivity contribution is -0.113. The molecule has 1 amide bonds. The molecule has 0 fully saturated rings. The van der Waals surface area contributed by atoms with Gasteiger partial charge in [-0.2, -0.15) is 0 Å². The van der Waals surface area contributed by atoms with E-state index in [4.69, 9.17) is 5.73 Å². The summed E-state index contributed by atoms with van der Waals surface area (Å²) >= 11 is 0. The number of hydrogen-bond acceptors (Lipinski definition) is 1. The third-order valence-electron chi connectivity index (χ3n) is 4.41. The smallest absolute Gasteiger partial charge is 0.241 e. The molecule has 0 bridgehead atoms. The zero-order valence-electron chi connectivity index (χ0n) is 16.1. The van der Waals surface area contributed by atoms with Crippen LogP contribution in [0.25, 0.3) is 0 Å². The van der Waals surface area contributed by atoms with Crippen molar-refractivity contribution in [2.75, 3.05) is 0 Å². The lowest BCUT2D eigenvalue weighted by atomic mass is 10.1. The first-order chi connectivity index (χ1) is 11.8. The normalized spacial score (nSPS) is 11.7. The van der Waals surface area contributed by atoms with Crippen molar-refractivity contribution in [3.05, 3.63) is 24.3 Å². The van der Waals surface area contributed by atoms with Gasteiger partial charge in [0.15, 0.2) is 0 Å². The average molecular weight is 336 g/mol. The summed E-state index contributed by atoms with van der Waals surface area (Å²) in [5.41, 5.74) is 5.04. The zero-order valence-corrected chi connectivity index (χ0v) is 16.1. The number of nitrogens with two attached hydrogens (primary N) is 1. The van der Waals surface area contributed by atoms with Crippen LogP contribution in [0.3, 0.4) is 0 Å². The van der Waals surface area contributed by atoms with Crippen LogP contribution in [0.2, 0.25) is 0 Å². The molecule has 0 spiro atoms. The molecule has 24 heavy (non-hydrogen) atoms. The van der Waals surface area contributed by atoms with E-state index in [2.05, 4.69) is 19.1 Å². The molecule has 0 radical (unpaired) electrons. The Morgan fingerprint density at radius 1 is 0.625 bits per heavy atom. The van der Waals surface area contributed by atoms with E-state index < -0.39 is 0 Å². The van der Waals surface area contributed by atoms with Crippen LogP contribution in [0, 0.1) is 0 Å². The molecular formula is C22H41NO. The maximum absolute atomic E-state index is 10.5. The van der Waals surface area contributed by atoms with Crippen LogP contribution in [0.5, 0.6) is 0 Å². The Labute approximate surface area is 151 Å². The van der Waals surface area contributed by atoms with Gasteiger partial charge >= 0.3 is 0 Å². The van der Waals surface area contributed by atoms with Crippen LogP contribution in [0.4, 0.5) is 0 Å². The Bertz CT molecular complexity index is 320. The highest BCUT2D eigenvalue weighted by atomic mass is 16.1. The molecule has 0 aromatic rings. The number of carbonyl (C=O) groups is 1. The molecule has 0 saturated heterocycles. The summed E-state index contributed by atoms with van der Waals surface area (Å²) in [7, 11) is 0. The van der Waals surface area contributed by atoms with E-state index >= 15 is 0 Å². The SMILES string of the molecule is CCCCCCCCC=CCCCCCCCCC/C=C\C(N)=O. The summed E-state index contributed by atoms with van der Waals surface area (Å²) in [5, 5.41) is 0. The van der Waals surface area contributed by atoms with Crippen LogP contribution >= 0.6 is 0 Å². The van der Waals surface area contributed by atoms with Crippen molar-refractivity contribution in [1.29, 1.82) is 0 Å². The maximum atomic E-state index is 10.5. The molecule has 0 heterocycles. The van der Waals surface area contributed by atoms with Crippen molar-refractivity contribution >= 4 is 5.91 Å². The number of primary amides is 1. The molecule has 2 nitrogen and oxygen atoms in total. The quantitative estimate of drug-likeness (QED) is 0.166. The summed E-state index contributed by atoms with van der Waals surface area (Å²) in [6.07, 6.45) is 29.2. The van der Waals surface area contributed by atoms with Gasteiger partial charge < -0.3 is 5.73 Å². The lowest BCUT2D eigenvalue weighted by Gasteiger charge is -2.00. The van der Waals surface area contributed by atoms with Crippen molar-refractivity contribution < 1.29 is 4.79 Å². The molecule has 0 aromatic carbocycles. The molecule has 0 aliphatic heterocycles. The van der Waals surface area contributed by atoms with Gasteiger partial charge in [0.2, 0.25) is 5.91 Å². The van der Waals surface area contributed by atoms with Crippen LogP contribution in [0.1, 0.15) is 110 Å². The van der Waals surface area contributed by atoms with Crippen LogP contribution in [-0.2, 0) is 4.79 Å². The highest BCUT2D eigenvalue weighted by Gasteiger charge is 1.92. The molecule has 0 aromatic heterocycles. The second-order valence-electron chi connectivity index (χ2n) is 6.88. The number of rotatable bonds is 18. The zero-order chi connectivity index (χ0) is 17.7. The van der Waals surface area contributed by atoms with E-state index in [1.807, 2.05) is 6.08 Å². The molecule has 2 N–H and O–H groups in total. The molecule has 2 heteroatoms. The molecule has 0 aliphatic rings. The fourth-order valence-corrected chi connectivity index (χ4v) is 2.89. The summed E-state index contributed by atoms with van der Waals surface area (Å²) in [4.78, 5) is 10.5. The van der Waals surface area contributed by atoms with Gasteiger partial charge in [0.25, 0.3) is 0 Å². The van der Waals surface area contributed by atoms with Gasteiger partial charge in [-0.1, -0.05) is 89.4 Å². The highest BCUT2D eigenvalue weighted by molar-refractivity contribution is 5.85. The van der Waals surface area contributed by atoms with E-state index in [1.165, 1.54) is 102 Å². The Morgan fingerprint density at radius 2 is 1.00 bits per heavy atom. The van der Waals surface area contributed by atoms with Crippen molar-refractivity contribution in [2.24, 2.45) is 5.73 Å². The van der Waals surface area contributed by atoms with Gasteiger partial charge in [-0.3, -0.25) is 4.79 Å². The fraction of sp³-hybridized carbons (Fsp3) is 0.773. The van der Waals surface area contributed by atoms with Crippen molar-refractivity contribution in [3.63, 3.8) is 0 Å². The van der Waals surface area contributed by atoms with Crippen LogP contribution < -0.4 is 5.73 Å². The molecule has 0 unspecified atom stereocenters. The Hall–Kier alpha value is -1.05. The fourth-order valence-electron chi connectivity index (χ4n) is 2.89. The van der Waals surface area contributed by atoms with Crippen LogP contribution in [0.15, 0.2) is 24.3 Å². The van der Waals surface area contributed by atoms with Gasteiger partial charge in [-0.25, -0.2) is 0 Å². The molecule has 140 valence electrons. The van der Waals surface area contributed by atoms with E-state index in [9.17, 15) is 4.79 Å². The Kier molecular flexibility index (Phi) is 19.1. The predicted molar refractivity (Wildman–Crippen MR) is 107 cm³/mol. The van der Waals surface area contributed by atoms with Gasteiger partial charge in [0.1, 0.15) is 0 Å². The minimum atomic E-state index is -0.337. The summed E-state index contributed by atoms with van der Waals surface area (Å²) < 4.78 is 0. The molecule has 0 rings (SSSR count).